The van der Waals surface area contributed by atoms with Crippen LogP contribution in [-0.2, 0) is 0 Å². The van der Waals surface area contributed by atoms with Gasteiger partial charge in [-0.2, -0.15) is 27.7 Å². The van der Waals surface area contributed by atoms with Crippen LogP contribution in [0.5, 0.6) is 0 Å². The van der Waals surface area contributed by atoms with Gasteiger partial charge in [0.15, 0.2) is 0 Å². The molecule has 0 nitrogen and oxygen atoms in total. The predicted molar refractivity (Wildman–Crippen MR) is 42.8 cm³/mol. The van der Waals surface area contributed by atoms with Gasteiger partial charge in [0.2, 0.25) is 0 Å². The van der Waals surface area contributed by atoms with Gasteiger partial charge in [0.05, 0.1) is 0 Å². The van der Waals surface area contributed by atoms with Gasteiger partial charge in [0.1, 0.15) is 0 Å². The van der Waals surface area contributed by atoms with Gasteiger partial charge in [-0.15, -0.1) is 0 Å². The Labute approximate surface area is 86.1 Å². The molecule has 0 N–H and O–H groups in total. The predicted octanol–water partition coefficient (Wildman–Crippen LogP) is 1.70. The van der Waals surface area contributed by atoms with E-state index in [0.717, 1.165) is 0 Å². The molecule has 0 unspecified atom stereocenters. The van der Waals surface area contributed by atoms with Gasteiger partial charge in [0, 0.05) is 23.1 Å². The maximum absolute atomic E-state index is 2.00. The van der Waals surface area contributed by atoms with E-state index < -0.39 is 0 Å². The summed E-state index contributed by atoms with van der Waals surface area (Å²) in [4.78, 5) is 0. The second-order valence-electron chi connectivity index (χ2n) is 1.15. The Balaban J connectivity index is -0.0000000160. The largest absolute Gasteiger partial charge is 2.00 e. The van der Waals surface area contributed by atoms with E-state index in [1.807, 2.05) is 40.5 Å². The Morgan fingerprint density at radius 3 is 0.750 bits per heavy atom. The van der Waals surface area contributed by atoms with E-state index >= 15 is 0 Å². The van der Waals surface area contributed by atoms with Crippen LogP contribution >= 0.6 is 0 Å². The molecule has 2 radical (unpaired) electrons. The molecule has 0 amide bonds. The van der Waals surface area contributed by atoms with Crippen LogP contribution in [-0.4, -0.2) is 46.1 Å². The fraction of sp³-hybridized carbons (Fsp3) is 0.667. The molecule has 0 saturated carbocycles. The Morgan fingerprint density at radius 1 is 0.750 bits per heavy atom. The molecule has 0 spiro atoms. The van der Waals surface area contributed by atoms with E-state index in [1.165, 1.54) is 0 Å². The maximum atomic E-state index is 2.00. The van der Waals surface area contributed by atoms with Crippen molar-refractivity contribution in [2.75, 3.05) is 0 Å². The van der Waals surface area contributed by atoms with Crippen LogP contribution < -0.4 is 0 Å². The van der Waals surface area contributed by atoms with E-state index in [0.29, 0.717) is 0 Å². The van der Waals surface area contributed by atoms with Crippen LogP contribution in [0.25, 0.3) is 0 Å². The van der Waals surface area contributed by atoms with Gasteiger partial charge in [-0.3, -0.25) is 0 Å². The minimum absolute atomic E-state index is 0. The zero-order chi connectivity index (χ0) is 5.41. The first-order valence-electron chi connectivity index (χ1n) is 2.31. The van der Waals surface area contributed by atoms with Crippen molar-refractivity contribution in [3.63, 3.8) is 0 Å². The van der Waals surface area contributed by atoms with Gasteiger partial charge in [-0.1, -0.05) is 0 Å². The van der Waals surface area contributed by atoms with Crippen molar-refractivity contribution in [2.24, 2.45) is 0 Å². The van der Waals surface area contributed by atoms with Crippen LogP contribution in [0.15, 0.2) is 0 Å². The van der Waals surface area contributed by atoms with Crippen LogP contribution in [0, 0.1) is 12.8 Å². The molecule has 8 heavy (non-hydrogen) atoms. The van der Waals surface area contributed by atoms with Crippen molar-refractivity contribution < 1.29 is 0 Å². The summed E-state index contributed by atoms with van der Waals surface area (Å²) < 4.78 is 0. The fourth-order valence-corrected chi connectivity index (χ4v) is 0. The summed E-state index contributed by atoms with van der Waals surface area (Å²) in [7, 11) is 0. The van der Waals surface area contributed by atoms with Crippen molar-refractivity contribution in [3.8, 4) is 0 Å². The molecule has 0 aliphatic heterocycles. The Bertz CT molecular complexity index is 8.49. The van der Waals surface area contributed by atoms with Crippen LogP contribution in [0.4, 0.5) is 0 Å². The molecule has 0 saturated heterocycles. The molecule has 42 valence electrons. The summed E-state index contributed by atoms with van der Waals surface area (Å²) in [6.45, 7) is 8.00. The first-order valence-corrected chi connectivity index (χ1v) is 2.31. The van der Waals surface area contributed by atoms with E-state index in [2.05, 4.69) is 0 Å². The first kappa shape index (κ1) is 22.7. The van der Waals surface area contributed by atoms with Gasteiger partial charge >= 0.3 is 23.1 Å². The molecule has 0 aliphatic rings. The molecular weight excluding hydrogens is 121 g/mol. The average Bonchev–Trinajstić information content (AvgIpc) is 1.39. The third-order valence-corrected chi connectivity index (χ3v) is 0. The zero-order valence-electron chi connectivity index (χ0n) is 6.57. The van der Waals surface area contributed by atoms with E-state index in [9.17, 15) is 0 Å². The van der Waals surface area contributed by atoms with Crippen LogP contribution in [0.2, 0.25) is 0 Å². The molecule has 0 fully saturated rings. The summed E-state index contributed by atoms with van der Waals surface area (Å²) in [5.74, 6) is 0. The van der Waals surface area contributed by atoms with Crippen LogP contribution in [0.1, 0.15) is 27.7 Å². The molecule has 0 rings (SSSR count). The van der Waals surface area contributed by atoms with E-state index in [-0.39, 0.29) is 46.1 Å². The van der Waals surface area contributed by atoms with Gasteiger partial charge < -0.3 is 12.8 Å². The summed E-state index contributed by atoms with van der Waals surface area (Å²) in [5.41, 5.74) is 0. The Kier molecular flexibility index (Phi) is 110. The minimum atomic E-state index is 0. The third kappa shape index (κ3) is 137. The van der Waals surface area contributed by atoms with Crippen molar-refractivity contribution in [1.82, 2.24) is 0 Å². The van der Waals surface area contributed by atoms with Crippen molar-refractivity contribution in [1.29, 1.82) is 0 Å². The molecule has 0 aliphatic carbocycles. The topological polar surface area (TPSA) is 0 Å². The molecule has 0 bridgehead atoms. The zero-order valence-corrected chi connectivity index (χ0v) is 9.40. The molecular formula is C6H14Mg2. The second-order valence-corrected chi connectivity index (χ2v) is 1.15. The standard InChI is InChI=1S/2C3H7.2Mg/c2*1-3-2;;/h2*3H,1-2H3;;/q2*-1;;+2. The van der Waals surface area contributed by atoms with Crippen molar-refractivity contribution in [2.45, 2.75) is 27.7 Å². The van der Waals surface area contributed by atoms with Gasteiger partial charge in [-0.05, 0) is 0 Å². The maximum Gasteiger partial charge on any atom is 2.00 e. The molecule has 0 atom stereocenters. The molecule has 0 heterocycles. The number of hydrogen-bond donors (Lipinski definition) is 0. The normalized spacial score (nSPS) is 4.50. The molecule has 0 aromatic rings. The minimum Gasteiger partial charge on any atom is -0.335 e. The summed E-state index contributed by atoms with van der Waals surface area (Å²) in [6.07, 6.45) is 4.00. The Morgan fingerprint density at radius 2 is 0.750 bits per heavy atom. The number of rotatable bonds is 0. The van der Waals surface area contributed by atoms with Crippen molar-refractivity contribution in [3.05, 3.63) is 12.8 Å². The summed E-state index contributed by atoms with van der Waals surface area (Å²) in [6, 6.07) is 0. The summed E-state index contributed by atoms with van der Waals surface area (Å²) in [5, 5.41) is 0. The van der Waals surface area contributed by atoms with Gasteiger partial charge in [-0.25, -0.2) is 0 Å². The third-order valence-electron chi connectivity index (χ3n) is 0. The monoisotopic (exact) mass is 134 g/mol. The smallest absolute Gasteiger partial charge is 0.335 e. The quantitative estimate of drug-likeness (QED) is 0.350. The molecule has 2 heteroatoms. The SMILES string of the molecule is C[CH-]C.C[CH-]C.[Mg+2].[Mg]. The second kappa shape index (κ2) is 38.8. The van der Waals surface area contributed by atoms with Gasteiger partial charge in [0.25, 0.3) is 0 Å². The Hall–Kier alpha value is 1.53. The average molecular weight is 135 g/mol. The van der Waals surface area contributed by atoms with E-state index in [1.54, 1.807) is 0 Å². The number of hydrogen-bond acceptors (Lipinski definition) is 0. The fourth-order valence-electron chi connectivity index (χ4n) is 0. The molecule has 0 aromatic heterocycles. The van der Waals surface area contributed by atoms with Crippen LogP contribution in [0.3, 0.4) is 0 Å². The first-order chi connectivity index (χ1) is 2.83. The van der Waals surface area contributed by atoms with Crippen molar-refractivity contribution >= 4 is 46.1 Å². The molecule has 0 aromatic carbocycles. The van der Waals surface area contributed by atoms with E-state index in [4.69, 9.17) is 0 Å². The summed E-state index contributed by atoms with van der Waals surface area (Å²) >= 11 is 0.